The molecule has 0 bridgehead atoms. The van der Waals surface area contributed by atoms with E-state index in [1.165, 1.54) is 0 Å². The van der Waals surface area contributed by atoms with Crippen LogP contribution in [0.25, 0.3) is 0 Å². The summed E-state index contributed by atoms with van der Waals surface area (Å²) in [6.45, 7) is 7.77. The Hall–Kier alpha value is -1.84. The molecule has 1 aromatic rings. The fraction of sp³-hybridized carbons (Fsp3) is 0.467. The number of benzene rings is 1. The highest BCUT2D eigenvalue weighted by atomic mass is 16.6. The zero-order chi connectivity index (χ0) is 14.2. The standard InChI is InChI=1S/C15H19NO3/c1-10-6-5-7-11-12(17)8-9-16(13(10)11)14(18)19-15(2,3)4/h5-7H,8-9H2,1-4H3. The number of hydrogen-bond acceptors (Lipinski definition) is 3. The van der Waals surface area contributed by atoms with E-state index in [0.29, 0.717) is 24.2 Å². The van der Waals surface area contributed by atoms with Crippen LogP contribution in [-0.4, -0.2) is 24.0 Å². The summed E-state index contributed by atoms with van der Waals surface area (Å²) in [6.07, 6.45) is -0.0501. The summed E-state index contributed by atoms with van der Waals surface area (Å²) in [7, 11) is 0. The van der Waals surface area contributed by atoms with Gasteiger partial charge >= 0.3 is 6.09 Å². The van der Waals surface area contributed by atoms with Crippen molar-refractivity contribution in [1.82, 2.24) is 0 Å². The quantitative estimate of drug-likeness (QED) is 0.719. The van der Waals surface area contributed by atoms with E-state index in [2.05, 4.69) is 0 Å². The van der Waals surface area contributed by atoms with Gasteiger partial charge in [0.15, 0.2) is 5.78 Å². The van der Waals surface area contributed by atoms with Crippen LogP contribution in [0.1, 0.15) is 43.1 Å². The van der Waals surface area contributed by atoms with Crippen LogP contribution in [0.4, 0.5) is 10.5 Å². The second-order valence-electron chi connectivity index (χ2n) is 5.78. The van der Waals surface area contributed by atoms with Crippen LogP contribution in [0.3, 0.4) is 0 Å². The Balaban J connectivity index is 2.38. The Morgan fingerprint density at radius 3 is 2.63 bits per heavy atom. The van der Waals surface area contributed by atoms with Crippen molar-refractivity contribution in [1.29, 1.82) is 0 Å². The molecule has 0 atom stereocenters. The molecule has 1 aromatic carbocycles. The van der Waals surface area contributed by atoms with Crippen molar-refractivity contribution in [3.05, 3.63) is 29.3 Å². The number of nitrogens with zero attached hydrogens (tertiary/aromatic N) is 1. The minimum Gasteiger partial charge on any atom is -0.443 e. The fourth-order valence-corrected chi connectivity index (χ4v) is 2.20. The van der Waals surface area contributed by atoms with Crippen molar-refractivity contribution in [3.63, 3.8) is 0 Å². The lowest BCUT2D eigenvalue weighted by atomic mass is 9.97. The van der Waals surface area contributed by atoms with Crippen molar-refractivity contribution >= 4 is 17.6 Å². The van der Waals surface area contributed by atoms with Gasteiger partial charge in [0.25, 0.3) is 0 Å². The summed E-state index contributed by atoms with van der Waals surface area (Å²) in [4.78, 5) is 25.7. The molecule has 1 heterocycles. The molecule has 0 fully saturated rings. The van der Waals surface area contributed by atoms with E-state index in [1.54, 1.807) is 11.0 Å². The first-order chi connectivity index (χ1) is 8.79. The predicted molar refractivity (Wildman–Crippen MR) is 73.7 cm³/mol. The maximum Gasteiger partial charge on any atom is 0.414 e. The van der Waals surface area contributed by atoms with Gasteiger partial charge in [-0.15, -0.1) is 0 Å². The number of carbonyl (C=O) groups is 2. The van der Waals surface area contributed by atoms with E-state index in [9.17, 15) is 9.59 Å². The number of para-hydroxylation sites is 1. The van der Waals surface area contributed by atoms with Crippen LogP contribution in [-0.2, 0) is 4.74 Å². The van der Waals surface area contributed by atoms with Crippen LogP contribution >= 0.6 is 0 Å². The fourth-order valence-electron chi connectivity index (χ4n) is 2.20. The Kier molecular flexibility index (Phi) is 3.35. The number of ketones is 1. The molecule has 0 N–H and O–H groups in total. The molecule has 0 radical (unpaired) electrons. The first-order valence-corrected chi connectivity index (χ1v) is 6.43. The van der Waals surface area contributed by atoms with E-state index in [4.69, 9.17) is 4.74 Å². The van der Waals surface area contributed by atoms with Crippen LogP contribution in [0, 0.1) is 6.92 Å². The molecule has 19 heavy (non-hydrogen) atoms. The van der Waals surface area contributed by atoms with Crippen molar-refractivity contribution in [2.75, 3.05) is 11.4 Å². The minimum absolute atomic E-state index is 0.0820. The SMILES string of the molecule is Cc1cccc2c1N(C(=O)OC(C)(C)C)CCC2=O. The number of hydrogen-bond donors (Lipinski definition) is 0. The van der Waals surface area contributed by atoms with Gasteiger partial charge in [-0.1, -0.05) is 12.1 Å². The number of Topliss-reactive ketones (excluding diaryl/α,β-unsaturated/α-hetero) is 1. The van der Waals surface area contributed by atoms with Crippen molar-refractivity contribution in [3.8, 4) is 0 Å². The van der Waals surface area contributed by atoms with Gasteiger partial charge in [-0.05, 0) is 39.3 Å². The zero-order valence-electron chi connectivity index (χ0n) is 11.8. The molecule has 1 aliphatic heterocycles. The van der Waals surface area contributed by atoms with Gasteiger partial charge in [-0.25, -0.2) is 4.79 Å². The van der Waals surface area contributed by atoms with Crippen LogP contribution in [0.2, 0.25) is 0 Å². The molecule has 4 nitrogen and oxygen atoms in total. The molecule has 0 aromatic heterocycles. The topological polar surface area (TPSA) is 46.6 Å². The van der Waals surface area contributed by atoms with E-state index < -0.39 is 11.7 Å². The third-order valence-corrected chi connectivity index (χ3v) is 2.98. The Morgan fingerprint density at radius 1 is 1.32 bits per heavy atom. The van der Waals surface area contributed by atoms with Crippen LogP contribution in [0.15, 0.2) is 18.2 Å². The molecule has 1 amide bonds. The summed E-state index contributed by atoms with van der Waals surface area (Å²) in [6, 6.07) is 5.50. The highest BCUT2D eigenvalue weighted by Gasteiger charge is 2.31. The van der Waals surface area contributed by atoms with Gasteiger partial charge < -0.3 is 4.74 Å². The molecule has 0 spiro atoms. The monoisotopic (exact) mass is 261 g/mol. The van der Waals surface area contributed by atoms with Gasteiger partial charge in [0, 0.05) is 18.5 Å². The van der Waals surface area contributed by atoms with Crippen molar-refractivity contribution in [2.45, 2.75) is 39.7 Å². The lowest BCUT2D eigenvalue weighted by Crippen LogP contribution is -2.41. The second kappa shape index (κ2) is 4.68. The van der Waals surface area contributed by atoms with Crippen molar-refractivity contribution < 1.29 is 14.3 Å². The second-order valence-corrected chi connectivity index (χ2v) is 5.78. The number of ether oxygens (including phenoxy) is 1. The molecule has 0 unspecified atom stereocenters. The lowest BCUT2D eigenvalue weighted by Gasteiger charge is -2.32. The normalized spacial score (nSPS) is 15.2. The molecule has 0 aliphatic carbocycles. The summed E-state index contributed by atoms with van der Waals surface area (Å²) in [5.41, 5.74) is 1.67. The third-order valence-electron chi connectivity index (χ3n) is 2.98. The molecule has 102 valence electrons. The number of fused-ring (bicyclic) bond motifs is 1. The highest BCUT2D eigenvalue weighted by Crippen LogP contribution is 2.31. The molecule has 0 saturated heterocycles. The maximum atomic E-state index is 12.2. The Labute approximate surface area is 113 Å². The van der Waals surface area contributed by atoms with E-state index >= 15 is 0 Å². The number of anilines is 1. The van der Waals surface area contributed by atoms with E-state index in [1.807, 2.05) is 39.8 Å². The summed E-state index contributed by atoms with van der Waals surface area (Å²) < 4.78 is 5.40. The Morgan fingerprint density at radius 2 is 2.00 bits per heavy atom. The molecular formula is C15H19NO3. The molecule has 4 heteroatoms. The summed E-state index contributed by atoms with van der Waals surface area (Å²) in [5.74, 6) is 0.0820. The van der Waals surface area contributed by atoms with Crippen molar-refractivity contribution in [2.24, 2.45) is 0 Å². The summed E-state index contributed by atoms with van der Waals surface area (Å²) >= 11 is 0. The highest BCUT2D eigenvalue weighted by molar-refractivity contribution is 6.08. The van der Waals surface area contributed by atoms with Crippen LogP contribution in [0.5, 0.6) is 0 Å². The average Bonchev–Trinajstić information content (AvgIpc) is 2.28. The predicted octanol–water partition coefficient (Wildman–Crippen LogP) is 3.32. The van der Waals surface area contributed by atoms with Gasteiger partial charge in [0.2, 0.25) is 0 Å². The molecule has 2 rings (SSSR count). The lowest BCUT2D eigenvalue weighted by molar-refractivity contribution is 0.0577. The van der Waals surface area contributed by atoms with E-state index in [-0.39, 0.29) is 5.78 Å². The molecule has 0 saturated carbocycles. The minimum atomic E-state index is -0.540. The summed E-state index contributed by atoms with van der Waals surface area (Å²) in [5, 5.41) is 0. The van der Waals surface area contributed by atoms with Gasteiger partial charge in [0.05, 0.1) is 5.69 Å². The van der Waals surface area contributed by atoms with Gasteiger partial charge in [-0.3, -0.25) is 9.69 Å². The van der Waals surface area contributed by atoms with Gasteiger partial charge in [-0.2, -0.15) is 0 Å². The third kappa shape index (κ3) is 2.78. The number of rotatable bonds is 0. The first kappa shape index (κ1) is 13.6. The largest absolute Gasteiger partial charge is 0.443 e. The number of amides is 1. The smallest absolute Gasteiger partial charge is 0.414 e. The Bertz CT molecular complexity index is 529. The molecule has 1 aliphatic rings. The molecular weight excluding hydrogens is 242 g/mol. The number of carbonyl (C=O) groups excluding carboxylic acids is 2. The maximum absolute atomic E-state index is 12.2. The number of aryl methyl sites for hydroxylation is 1. The van der Waals surface area contributed by atoms with Gasteiger partial charge in [0.1, 0.15) is 5.60 Å². The van der Waals surface area contributed by atoms with Crippen LogP contribution < -0.4 is 4.90 Å². The zero-order valence-corrected chi connectivity index (χ0v) is 11.8. The average molecular weight is 261 g/mol. The van der Waals surface area contributed by atoms with E-state index in [0.717, 1.165) is 5.56 Å². The first-order valence-electron chi connectivity index (χ1n) is 6.43.